The van der Waals surface area contributed by atoms with Crippen LogP contribution in [0.1, 0.15) is 23.9 Å². The standard InChI is InChI=1S/C13H11ClO2/c1-7-4-10(7)13(15)12-6-8-5-9(14)2-3-11(8)16-12/h2-3,5-7,10H,4H2,1H3. The van der Waals surface area contributed by atoms with Crippen LogP contribution < -0.4 is 0 Å². The molecule has 1 saturated carbocycles. The van der Waals surface area contributed by atoms with Crippen molar-refractivity contribution in [2.45, 2.75) is 13.3 Å². The molecule has 1 heterocycles. The van der Waals surface area contributed by atoms with Crippen LogP contribution in [0.25, 0.3) is 11.0 Å². The predicted octanol–water partition coefficient (Wildman–Crippen LogP) is 3.92. The van der Waals surface area contributed by atoms with Crippen molar-refractivity contribution >= 4 is 28.4 Å². The molecule has 0 bridgehead atoms. The molecule has 0 spiro atoms. The van der Waals surface area contributed by atoms with Crippen molar-refractivity contribution in [2.75, 3.05) is 0 Å². The van der Waals surface area contributed by atoms with Crippen LogP contribution >= 0.6 is 11.6 Å². The number of carbonyl (C=O) groups excluding carboxylic acids is 1. The molecule has 2 aromatic rings. The van der Waals surface area contributed by atoms with E-state index in [0.717, 1.165) is 17.4 Å². The van der Waals surface area contributed by atoms with Crippen molar-refractivity contribution in [3.63, 3.8) is 0 Å². The van der Waals surface area contributed by atoms with Crippen molar-refractivity contribution in [1.82, 2.24) is 0 Å². The molecular weight excluding hydrogens is 224 g/mol. The van der Waals surface area contributed by atoms with Crippen molar-refractivity contribution < 1.29 is 9.21 Å². The van der Waals surface area contributed by atoms with Gasteiger partial charge in [-0.1, -0.05) is 18.5 Å². The van der Waals surface area contributed by atoms with Gasteiger partial charge in [-0.05, 0) is 36.6 Å². The number of carbonyl (C=O) groups is 1. The highest BCUT2D eigenvalue weighted by molar-refractivity contribution is 6.31. The monoisotopic (exact) mass is 234 g/mol. The van der Waals surface area contributed by atoms with E-state index in [9.17, 15) is 4.79 Å². The van der Waals surface area contributed by atoms with E-state index in [-0.39, 0.29) is 11.7 Å². The van der Waals surface area contributed by atoms with Crippen LogP contribution in [0.15, 0.2) is 28.7 Å². The zero-order chi connectivity index (χ0) is 11.3. The molecule has 1 aromatic heterocycles. The van der Waals surface area contributed by atoms with Crippen LogP contribution in [0.3, 0.4) is 0 Å². The maximum atomic E-state index is 11.9. The van der Waals surface area contributed by atoms with E-state index in [1.54, 1.807) is 18.2 Å². The Kier molecular flexibility index (Phi) is 2.08. The van der Waals surface area contributed by atoms with E-state index in [1.165, 1.54) is 0 Å². The van der Waals surface area contributed by atoms with E-state index in [1.807, 2.05) is 6.07 Å². The Morgan fingerprint density at radius 1 is 1.44 bits per heavy atom. The van der Waals surface area contributed by atoms with Gasteiger partial charge in [0.25, 0.3) is 0 Å². The predicted molar refractivity (Wildman–Crippen MR) is 62.8 cm³/mol. The Balaban J connectivity index is 2.02. The molecule has 1 aliphatic rings. The number of rotatable bonds is 2. The summed E-state index contributed by atoms with van der Waals surface area (Å²) in [7, 11) is 0. The van der Waals surface area contributed by atoms with Gasteiger partial charge in [-0.25, -0.2) is 0 Å². The molecule has 1 fully saturated rings. The SMILES string of the molecule is CC1CC1C(=O)c1cc2cc(Cl)ccc2o1. The Hall–Kier alpha value is -1.28. The summed E-state index contributed by atoms with van der Waals surface area (Å²) < 4.78 is 5.53. The number of hydrogen-bond donors (Lipinski definition) is 0. The fourth-order valence-corrected chi connectivity index (χ4v) is 2.19. The van der Waals surface area contributed by atoms with Gasteiger partial charge in [0.1, 0.15) is 5.58 Å². The van der Waals surface area contributed by atoms with Gasteiger partial charge in [-0.15, -0.1) is 0 Å². The molecule has 2 atom stereocenters. The lowest BCUT2D eigenvalue weighted by Gasteiger charge is -1.91. The molecule has 3 heteroatoms. The summed E-state index contributed by atoms with van der Waals surface area (Å²) >= 11 is 5.88. The zero-order valence-electron chi connectivity index (χ0n) is 8.87. The molecule has 0 N–H and O–H groups in total. The quantitative estimate of drug-likeness (QED) is 0.737. The number of ketones is 1. The lowest BCUT2D eigenvalue weighted by atomic mass is 10.1. The van der Waals surface area contributed by atoms with Crippen molar-refractivity contribution in [3.05, 3.63) is 35.0 Å². The number of fused-ring (bicyclic) bond motifs is 1. The summed E-state index contributed by atoms with van der Waals surface area (Å²) in [5.74, 6) is 1.26. The highest BCUT2D eigenvalue weighted by Gasteiger charge is 2.40. The van der Waals surface area contributed by atoms with E-state index < -0.39 is 0 Å². The number of benzene rings is 1. The normalized spacial score (nSPS) is 23.6. The number of halogens is 1. The minimum Gasteiger partial charge on any atom is -0.453 e. The van der Waals surface area contributed by atoms with Gasteiger partial charge in [-0.2, -0.15) is 0 Å². The van der Waals surface area contributed by atoms with Crippen LogP contribution in [0, 0.1) is 11.8 Å². The van der Waals surface area contributed by atoms with Crippen molar-refractivity contribution in [1.29, 1.82) is 0 Å². The maximum Gasteiger partial charge on any atom is 0.201 e. The van der Waals surface area contributed by atoms with Gasteiger partial charge < -0.3 is 4.42 Å². The fourth-order valence-electron chi connectivity index (χ4n) is 2.01. The molecule has 2 nitrogen and oxygen atoms in total. The Labute approximate surface area is 98.2 Å². The van der Waals surface area contributed by atoms with Crippen LogP contribution in [0.4, 0.5) is 0 Å². The molecule has 3 rings (SSSR count). The third-order valence-corrected chi connectivity index (χ3v) is 3.40. The first-order valence-corrected chi connectivity index (χ1v) is 5.76. The first kappa shape index (κ1) is 9.91. The van der Waals surface area contributed by atoms with Gasteiger partial charge in [0, 0.05) is 16.3 Å². The average molecular weight is 235 g/mol. The summed E-state index contributed by atoms with van der Waals surface area (Å²) in [5, 5.41) is 1.55. The third kappa shape index (κ3) is 1.54. The summed E-state index contributed by atoms with van der Waals surface area (Å²) in [6.45, 7) is 2.09. The molecule has 1 aliphatic carbocycles. The molecule has 16 heavy (non-hydrogen) atoms. The minimum atomic E-state index is 0.125. The van der Waals surface area contributed by atoms with Gasteiger partial charge in [0.05, 0.1) is 0 Å². The summed E-state index contributed by atoms with van der Waals surface area (Å²) in [5.41, 5.74) is 0.723. The molecule has 2 unspecified atom stereocenters. The highest BCUT2D eigenvalue weighted by atomic mass is 35.5. The number of furan rings is 1. The average Bonchev–Trinajstić information content (AvgIpc) is 2.83. The Bertz CT molecular complexity index is 570. The second kappa shape index (κ2) is 3.36. The van der Waals surface area contributed by atoms with E-state index >= 15 is 0 Å². The molecule has 0 aliphatic heterocycles. The first-order chi connectivity index (χ1) is 7.65. The summed E-state index contributed by atoms with van der Waals surface area (Å²) in [6.07, 6.45) is 0.983. The Morgan fingerprint density at radius 3 is 2.88 bits per heavy atom. The highest BCUT2D eigenvalue weighted by Crippen LogP contribution is 2.41. The van der Waals surface area contributed by atoms with Gasteiger partial charge >= 0.3 is 0 Å². The van der Waals surface area contributed by atoms with Crippen molar-refractivity contribution in [3.8, 4) is 0 Å². The van der Waals surface area contributed by atoms with Crippen molar-refractivity contribution in [2.24, 2.45) is 11.8 Å². The molecule has 0 amide bonds. The lowest BCUT2D eigenvalue weighted by Crippen LogP contribution is -2.00. The largest absolute Gasteiger partial charge is 0.453 e. The van der Waals surface area contributed by atoms with Gasteiger partial charge in [0.15, 0.2) is 5.76 Å². The summed E-state index contributed by atoms with van der Waals surface area (Å²) in [4.78, 5) is 11.9. The second-order valence-electron chi connectivity index (χ2n) is 4.48. The molecule has 0 saturated heterocycles. The second-order valence-corrected chi connectivity index (χ2v) is 4.91. The third-order valence-electron chi connectivity index (χ3n) is 3.17. The fraction of sp³-hybridized carbons (Fsp3) is 0.308. The molecule has 82 valence electrons. The van der Waals surface area contributed by atoms with E-state index in [2.05, 4.69) is 6.92 Å². The zero-order valence-corrected chi connectivity index (χ0v) is 9.62. The van der Waals surface area contributed by atoms with E-state index in [4.69, 9.17) is 16.0 Å². The molecular formula is C13H11ClO2. The molecule has 0 radical (unpaired) electrons. The van der Waals surface area contributed by atoms with E-state index in [0.29, 0.717) is 16.7 Å². The van der Waals surface area contributed by atoms with Crippen LogP contribution in [-0.2, 0) is 0 Å². The van der Waals surface area contributed by atoms with Gasteiger partial charge in [-0.3, -0.25) is 4.79 Å². The lowest BCUT2D eigenvalue weighted by molar-refractivity contribution is 0.0937. The van der Waals surface area contributed by atoms with Crippen LogP contribution in [-0.4, -0.2) is 5.78 Å². The maximum absolute atomic E-state index is 11.9. The number of Topliss-reactive ketones (excluding diaryl/α,β-unsaturated/α-hetero) is 1. The minimum absolute atomic E-state index is 0.125. The number of hydrogen-bond acceptors (Lipinski definition) is 2. The topological polar surface area (TPSA) is 30.2 Å². The first-order valence-electron chi connectivity index (χ1n) is 5.38. The van der Waals surface area contributed by atoms with Crippen LogP contribution in [0.5, 0.6) is 0 Å². The smallest absolute Gasteiger partial charge is 0.201 e. The van der Waals surface area contributed by atoms with Gasteiger partial charge in [0.2, 0.25) is 5.78 Å². The molecule has 1 aromatic carbocycles. The summed E-state index contributed by atoms with van der Waals surface area (Å²) in [6, 6.07) is 7.16. The Morgan fingerprint density at radius 2 is 2.19 bits per heavy atom. The van der Waals surface area contributed by atoms with Crippen LogP contribution in [0.2, 0.25) is 5.02 Å².